The molecule has 8 heteroatoms. The summed E-state index contributed by atoms with van der Waals surface area (Å²) >= 11 is 3.82. The summed E-state index contributed by atoms with van der Waals surface area (Å²) in [7, 11) is 0. The van der Waals surface area contributed by atoms with E-state index >= 15 is 0 Å². The lowest BCUT2D eigenvalue weighted by Crippen LogP contribution is -2.42. The molecule has 6 nitrogen and oxygen atoms in total. The molecule has 0 spiro atoms. The number of hydrogen-bond donors (Lipinski definition) is 1. The smallest absolute Gasteiger partial charge is 0.338 e. The molecule has 1 unspecified atom stereocenters. The van der Waals surface area contributed by atoms with Crippen molar-refractivity contribution < 1.29 is 23.8 Å². The first-order valence-corrected chi connectivity index (χ1v) is 11.4. The number of para-hydroxylation sites is 2. The summed E-state index contributed by atoms with van der Waals surface area (Å²) in [6.45, 7) is 0.288. The molecule has 1 N–H and O–H groups in total. The molecule has 1 saturated heterocycles. The molecule has 1 fully saturated rings. The highest BCUT2D eigenvalue weighted by atomic mass is 32.2. The number of benzene rings is 2. The van der Waals surface area contributed by atoms with Crippen molar-refractivity contribution >= 4 is 35.4 Å². The summed E-state index contributed by atoms with van der Waals surface area (Å²) in [5, 5.41) is 2.71. The van der Waals surface area contributed by atoms with Crippen LogP contribution >= 0.6 is 23.5 Å². The monoisotopic (exact) mass is 431 g/mol. The zero-order valence-electron chi connectivity index (χ0n) is 15.7. The van der Waals surface area contributed by atoms with E-state index in [1.165, 1.54) is 5.56 Å². The third-order valence-electron chi connectivity index (χ3n) is 4.47. The van der Waals surface area contributed by atoms with E-state index in [1.807, 2.05) is 59.9 Å². The van der Waals surface area contributed by atoms with Gasteiger partial charge in [-0.15, -0.1) is 23.5 Å². The average molecular weight is 432 g/mol. The molecule has 2 aromatic rings. The Morgan fingerprint density at radius 3 is 2.52 bits per heavy atom. The lowest BCUT2D eigenvalue weighted by molar-refractivity contribution is -0.124. The molecule has 2 aromatic carbocycles. The van der Waals surface area contributed by atoms with Crippen LogP contribution in [0.5, 0.6) is 11.5 Å². The number of amides is 1. The Balaban J connectivity index is 1.20. The minimum atomic E-state index is -0.510. The highest BCUT2D eigenvalue weighted by Gasteiger charge is 2.22. The van der Waals surface area contributed by atoms with Crippen LogP contribution in [0.1, 0.15) is 20.5 Å². The van der Waals surface area contributed by atoms with Crippen LogP contribution in [0.4, 0.5) is 0 Å². The fourth-order valence-corrected chi connectivity index (χ4v) is 5.84. The van der Waals surface area contributed by atoms with Gasteiger partial charge in [-0.2, -0.15) is 0 Å². The molecule has 2 aliphatic heterocycles. The Hall–Kier alpha value is -2.32. The number of thioether (sulfide) groups is 2. The average Bonchev–Trinajstić information content (AvgIpc) is 3.31. The quantitative estimate of drug-likeness (QED) is 0.704. The summed E-state index contributed by atoms with van der Waals surface area (Å²) in [6.07, 6.45) is -0.288. The van der Waals surface area contributed by atoms with Crippen molar-refractivity contribution in [2.24, 2.45) is 0 Å². The first kappa shape index (κ1) is 20.0. The van der Waals surface area contributed by atoms with E-state index in [0.29, 0.717) is 28.3 Å². The van der Waals surface area contributed by atoms with Crippen LogP contribution in [0.15, 0.2) is 48.5 Å². The molecule has 4 rings (SSSR count). The maximum Gasteiger partial charge on any atom is 0.338 e. The minimum Gasteiger partial charge on any atom is -0.486 e. The summed E-state index contributed by atoms with van der Waals surface area (Å²) in [6, 6.07) is 14.8. The van der Waals surface area contributed by atoms with Gasteiger partial charge < -0.3 is 19.5 Å². The van der Waals surface area contributed by atoms with Crippen LogP contribution in [0.3, 0.4) is 0 Å². The Kier molecular flexibility index (Phi) is 6.51. The number of carbonyl (C=O) groups excluding carboxylic acids is 2. The molecule has 0 radical (unpaired) electrons. The summed E-state index contributed by atoms with van der Waals surface area (Å²) < 4.78 is 16.9. The van der Waals surface area contributed by atoms with Gasteiger partial charge >= 0.3 is 5.97 Å². The lowest BCUT2D eigenvalue weighted by Gasteiger charge is -2.26. The SMILES string of the molecule is O=C(COC(=O)c1ccc(C2SCCS2)cc1)NCC1COc2ccccc2O1. The van der Waals surface area contributed by atoms with E-state index in [9.17, 15) is 9.59 Å². The van der Waals surface area contributed by atoms with E-state index in [4.69, 9.17) is 14.2 Å². The molecule has 0 saturated carbocycles. The van der Waals surface area contributed by atoms with E-state index in [0.717, 1.165) is 11.5 Å². The number of hydrogen-bond acceptors (Lipinski definition) is 7. The van der Waals surface area contributed by atoms with Crippen molar-refractivity contribution in [1.82, 2.24) is 5.32 Å². The molecular weight excluding hydrogens is 410 g/mol. The molecule has 2 heterocycles. The number of esters is 1. The van der Waals surface area contributed by atoms with E-state index < -0.39 is 5.97 Å². The molecule has 1 atom stereocenters. The van der Waals surface area contributed by atoms with Gasteiger partial charge in [0.1, 0.15) is 12.7 Å². The summed E-state index contributed by atoms with van der Waals surface area (Å²) in [5.74, 6) is 2.76. The van der Waals surface area contributed by atoms with Crippen LogP contribution in [0.2, 0.25) is 0 Å². The molecule has 2 aliphatic rings. The highest BCUT2D eigenvalue weighted by Crippen LogP contribution is 2.45. The number of nitrogens with one attached hydrogen (secondary N) is 1. The first-order valence-electron chi connectivity index (χ1n) is 9.34. The first-order chi connectivity index (χ1) is 14.2. The third-order valence-corrected chi connectivity index (χ3v) is 7.57. The van der Waals surface area contributed by atoms with Crippen LogP contribution in [0, 0.1) is 0 Å². The van der Waals surface area contributed by atoms with Crippen molar-refractivity contribution in [3.05, 3.63) is 59.7 Å². The van der Waals surface area contributed by atoms with Gasteiger partial charge in [0.05, 0.1) is 16.7 Å². The second kappa shape index (κ2) is 9.45. The molecule has 0 aromatic heterocycles. The second-order valence-corrected chi connectivity index (χ2v) is 9.30. The predicted molar refractivity (Wildman–Crippen MR) is 114 cm³/mol. The molecular formula is C21H21NO5S2. The maximum absolute atomic E-state index is 12.2. The third kappa shape index (κ3) is 5.19. The molecule has 0 aliphatic carbocycles. The molecule has 1 amide bonds. The minimum absolute atomic E-state index is 0.274. The number of rotatable bonds is 6. The number of ether oxygens (including phenoxy) is 3. The molecule has 0 bridgehead atoms. The topological polar surface area (TPSA) is 73.9 Å². The zero-order chi connectivity index (χ0) is 20.1. The molecule has 152 valence electrons. The van der Waals surface area contributed by atoms with Gasteiger partial charge in [-0.1, -0.05) is 24.3 Å². The second-order valence-electron chi connectivity index (χ2n) is 6.57. The van der Waals surface area contributed by atoms with Gasteiger partial charge in [0.15, 0.2) is 18.1 Å². The van der Waals surface area contributed by atoms with Crippen LogP contribution in [-0.2, 0) is 9.53 Å². The van der Waals surface area contributed by atoms with Crippen molar-refractivity contribution in [2.75, 3.05) is 31.3 Å². The van der Waals surface area contributed by atoms with Crippen molar-refractivity contribution in [2.45, 2.75) is 10.7 Å². The van der Waals surface area contributed by atoms with Gasteiger partial charge in [-0.05, 0) is 29.8 Å². The fraction of sp³-hybridized carbons (Fsp3) is 0.333. The van der Waals surface area contributed by atoms with E-state index in [1.54, 1.807) is 12.1 Å². The highest BCUT2D eigenvalue weighted by molar-refractivity contribution is 8.19. The van der Waals surface area contributed by atoms with E-state index in [-0.39, 0.29) is 25.2 Å². The van der Waals surface area contributed by atoms with Crippen molar-refractivity contribution in [3.8, 4) is 11.5 Å². The van der Waals surface area contributed by atoms with Crippen LogP contribution in [-0.4, -0.2) is 49.2 Å². The Labute approximate surface area is 177 Å². The maximum atomic E-state index is 12.2. The van der Waals surface area contributed by atoms with Gasteiger partial charge in [0, 0.05) is 11.5 Å². The summed E-state index contributed by atoms with van der Waals surface area (Å²) in [4.78, 5) is 24.2. The van der Waals surface area contributed by atoms with Gasteiger partial charge in [-0.25, -0.2) is 4.79 Å². The Morgan fingerprint density at radius 2 is 1.76 bits per heavy atom. The lowest BCUT2D eigenvalue weighted by atomic mass is 10.1. The van der Waals surface area contributed by atoms with Crippen LogP contribution in [0.25, 0.3) is 0 Å². The van der Waals surface area contributed by atoms with Gasteiger partial charge in [-0.3, -0.25) is 4.79 Å². The Bertz CT molecular complexity index is 868. The summed E-state index contributed by atoms with van der Waals surface area (Å²) in [5.41, 5.74) is 1.64. The zero-order valence-corrected chi connectivity index (χ0v) is 17.3. The van der Waals surface area contributed by atoms with Crippen molar-refractivity contribution in [3.63, 3.8) is 0 Å². The van der Waals surface area contributed by atoms with E-state index in [2.05, 4.69) is 5.32 Å². The van der Waals surface area contributed by atoms with Crippen molar-refractivity contribution in [1.29, 1.82) is 0 Å². The number of fused-ring (bicyclic) bond motifs is 1. The molecule has 29 heavy (non-hydrogen) atoms. The van der Waals surface area contributed by atoms with Crippen LogP contribution < -0.4 is 14.8 Å². The van der Waals surface area contributed by atoms with Gasteiger partial charge in [0.2, 0.25) is 0 Å². The fourth-order valence-electron chi connectivity index (χ4n) is 2.98. The Morgan fingerprint density at radius 1 is 1.03 bits per heavy atom. The normalized spacial score (nSPS) is 18.3. The van der Waals surface area contributed by atoms with Gasteiger partial charge in [0.25, 0.3) is 5.91 Å². The largest absolute Gasteiger partial charge is 0.486 e. The standard InChI is InChI=1S/C21H21NO5S2/c23-19(22-11-16-12-25-17-3-1-2-4-18(17)27-16)13-26-20(24)14-5-7-15(8-6-14)21-28-9-10-29-21/h1-8,16,21H,9-13H2,(H,22,23). The predicted octanol–water partition coefficient (Wildman–Crippen LogP) is 3.28. The number of carbonyl (C=O) groups is 2.